The van der Waals surface area contributed by atoms with Gasteiger partial charge in [-0.25, -0.2) is 9.37 Å². The first-order chi connectivity index (χ1) is 15.9. The number of carbonyl (C=O) groups excluding carboxylic acids is 1. The maximum atomic E-state index is 13.0. The Bertz CT molecular complexity index is 1400. The third-order valence-electron chi connectivity index (χ3n) is 4.77. The van der Waals surface area contributed by atoms with E-state index in [9.17, 15) is 14.4 Å². The smallest absolute Gasteiger partial charge is 0.262 e. The van der Waals surface area contributed by atoms with Gasteiger partial charge in [0.25, 0.3) is 5.91 Å². The van der Waals surface area contributed by atoms with Gasteiger partial charge in [-0.3, -0.25) is 4.79 Å². The number of amides is 1. The Morgan fingerprint density at radius 2 is 2.00 bits per heavy atom. The van der Waals surface area contributed by atoms with Crippen LogP contribution in [0.1, 0.15) is 17.0 Å². The van der Waals surface area contributed by atoms with Crippen LogP contribution in [-0.4, -0.2) is 22.5 Å². The van der Waals surface area contributed by atoms with Gasteiger partial charge in [-0.2, -0.15) is 5.26 Å². The molecule has 2 N–H and O–H groups in total. The molecule has 8 heteroatoms. The molecule has 164 valence electrons. The Hall–Kier alpha value is -4.15. The Kier molecular flexibility index (Phi) is 6.38. The predicted molar refractivity (Wildman–Crippen MR) is 126 cm³/mol. The molecule has 0 aliphatic rings. The number of ether oxygens (including phenoxy) is 1. The number of aryl methyl sites for hydroxylation is 1. The Morgan fingerprint density at radius 3 is 2.73 bits per heavy atom. The quantitative estimate of drug-likeness (QED) is 0.359. The Labute approximate surface area is 194 Å². The summed E-state index contributed by atoms with van der Waals surface area (Å²) in [4.78, 5) is 19.7. The lowest BCUT2D eigenvalue weighted by atomic mass is 10.1. The second-order valence-corrected chi connectivity index (χ2v) is 7.72. The first-order valence-electron chi connectivity index (χ1n) is 9.97. The van der Waals surface area contributed by atoms with Gasteiger partial charge in [0.15, 0.2) is 6.61 Å². The van der Waals surface area contributed by atoms with Gasteiger partial charge in [-0.15, -0.1) is 0 Å². The third-order valence-corrected chi connectivity index (χ3v) is 5.06. The fourth-order valence-corrected chi connectivity index (χ4v) is 3.41. The van der Waals surface area contributed by atoms with Crippen LogP contribution in [0.15, 0.2) is 60.7 Å². The van der Waals surface area contributed by atoms with Gasteiger partial charge in [0.2, 0.25) is 0 Å². The number of carbonyl (C=O) groups is 1. The van der Waals surface area contributed by atoms with Crippen molar-refractivity contribution in [2.75, 3.05) is 11.9 Å². The molecule has 0 unspecified atom stereocenters. The van der Waals surface area contributed by atoms with Crippen molar-refractivity contribution in [3.8, 4) is 11.8 Å². The van der Waals surface area contributed by atoms with Gasteiger partial charge in [-0.1, -0.05) is 23.7 Å². The van der Waals surface area contributed by atoms with E-state index in [0.717, 1.165) is 16.6 Å². The molecule has 1 amide bonds. The topological polar surface area (TPSA) is 90.8 Å². The number of nitrogens with one attached hydrogen (secondary N) is 2. The predicted octanol–water partition coefficient (Wildman–Crippen LogP) is 5.75. The van der Waals surface area contributed by atoms with Crippen LogP contribution in [0.5, 0.6) is 5.75 Å². The number of benzene rings is 3. The maximum Gasteiger partial charge on any atom is 0.262 e. The SMILES string of the molecule is Cc1ccc2nc(/C(C#N)=C\c3ccc(OCC(=O)Nc4ccc(F)cc4)c(Cl)c3)[nH]c2c1. The number of nitrogens with zero attached hydrogens (tertiary/aromatic N) is 2. The first kappa shape index (κ1) is 22.1. The largest absolute Gasteiger partial charge is 0.482 e. The summed E-state index contributed by atoms with van der Waals surface area (Å²) in [6.07, 6.45) is 1.67. The summed E-state index contributed by atoms with van der Waals surface area (Å²) < 4.78 is 18.4. The van der Waals surface area contributed by atoms with Crippen molar-refractivity contribution in [3.63, 3.8) is 0 Å². The maximum absolute atomic E-state index is 13.0. The molecule has 0 aliphatic carbocycles. The number of H-pyrrole nitrogens is 1. The zero-order chi connectivity index (χ0) is 23.4. The van der Waals surface area contributed by atoms with E-state index >= 15 is 0 Å². The van der Waals surface area contributed by atoms with Crippen LogP contribution >= 0.6 is 11.6 Å². The van der Waals surface area contributed by atoms with E-state index in [1.807, 2.05) is 25.1 Å². The number of anilines is 1. The molecule has 1 aromatic heterocycles. The molecule has 0 saturated carbocycles. The second-order valence-electron chi connectivity index (χ2n) is 7.31. The minimum absolute atomic E-state index is 0.270. The van der Waals surface area contributed by atoms with E-state index in [4.69, 9.17) is 16.3 Å². The number of aromatic nitrogens is 2. The number of aromatic amines is 1. The van der Waals surface area contributed by atoms with Crippen LogP contribution in [-0.2, 0) is 4.79 Å². The van der Waals surface area contributed by atoms with Crippen molar-refractivity contribution in [3.05, 3.63) is 88.5 Å². The van der Waals surface area contributed by atoms with Gasteiger partial charge in [0, 0.05) is 5.69 Å². The van der Waals surface area contributed by atoms with Crippen LogP contribution in [0.25, 0.3) is 22.7 Å². The van der Waals surface area contributed by atoms with Crippen molar-refractivity contribution in [1.29, 1.82) is 5.26 Å². The monoisotopic (exact) mass is 460 g/mol. The molecule has 0 aliphatic heterocycles. The zero-order valence-electron chi connectivity index (χ0n) is 17.5. The lowest BCUT2D eigenvalue weighted by Gasteiger charge is -2.09. The van der Waals surface area contributed by atoms with E-state index in [0.29, 0.717) is 28.4 Å². The standard InChI is InChI=1S/C25H18ClFN4O2/c1-15-2-8-21-22(10-15)31-25(30-21)17(13-28)11-16-3-9-23(20(26)12-16)33-14-24(32)29-19-6-4-18(27)5-7-19/h2-12H,14H2,1H3,(H,29,32)(H,30,31)/b17-11-. The van der Waals surface area contributed by atoms with E-state index in [-0.39, 0.29) is 17.4 Å². The number of rotatable bonds is 6. The summed E-state index contributed by atoms with van der Waals surface area (Å²) in [7, 11) is 0. The average Bonchev–Trinajstić information content (AvgIpc) is 3.21. The number of allylic oxidation sites excluding steroid dienone is 1. The van der Waals surface area contributed by atoms with Gasteiger partial charge in [0.05, 0.1) is 21.6 Å². The fraction of sp³-hybridized carbons (Fsp3) is 0.0800. The molecule has 6 nitrogen and oxygen atoms in total. The van der Waals surface area contributed by atoms with E-state index in [1.165, 1.54) is 24.3 Å². The summed E-state index contributed by atoms with van der Waals surface area (Å²) in [5.74, 6) is -0.0125. The number of hydrogen-bond acceptors (Lipinski definition) is 4. The molecule has 4 rings (SSSR count). The normalized spacial score (nSPS) is 11.3. The van der Waals surface area contributed by atoms with Crippen LogP contribution in [0.3, 0.4) is 0 Å². The Balaban J connectivity index is 1.45. The highest BCUT2D eigenvalue weighted by atomic mass is 35.5. The molecule has 0 bridgehead atoms. The summed E-state index contributed by atoms with van der Waals surface area (Å²) >= 11 is 6.31. The lowest BCUT2D eigenvalue weighted by molar-refractivity contribution is -0.118. The van der Waals surface area contributed by atoms with Crippen molar-refractivity contribution >= 4 is 45.9 Å². The van der Waals surface area contributed by atoms with Crippen LogP contribution in [0.4, 0.5) is 10.1 Å². The van der Waals surface area contributed by atoms with Crippen LogP contribution in [0, 0.1) is 24.1 Å². The van der Waals surface area contributed by atoms with Crippen LogP contribution in [0.2, 0.25) is 5.02 Å². The fourth-order valence-electron chi connectivity index (χ4n) is 3.17. The van der Waals surface area contributed by atoms with E-state index < -0.39 is 5.91 Å². The number of nitriles is 1. The van der Waals surface area contributed by atoms with Gasteiger partial charge in [0.1, 0.15) is 23.5 Å². The third kappa shape index (κ3) is 5.37. The van der Waals surface area contributed by atoms with Gasteiger partial charge >= 0.3 is 0 Å². The molecule has 4 aromatic rings. The van der Waals surface area contributed by atoms with Gasteiger partial charge < -0.3 is 15.0 Å². The van der Waals surface area contributed by atoms with E-state index in [1.54, 1.807) is 24.3 Å². The zero-order valence-corrected chi connectivity index (χ0v) is 18.3. The van der Waals surface area contributed by atoms with Crippen molar-refractivity contribution in [1.82, 2.24) is 9.97 Å². The average molecular weight is 461 g/mol. The van der Waals surface area contributed by atoms with Crippen LogP contribution < -0.4 is 10.1 Å². The molecular weight excluding hydrogens is 443 g/mol. The van der Waals surface area contributed by atoms with Crippen molar-refractivity contribution < 1.29 is 13.9 Å². The highest BCUT2D eigenvalue weighted by molar-refractivity contribution is 6.32. The molecule has 0 radical (unpaired) electrons. The highest BCUT2D eigenvalue weighted by Gasteiger charge is 2.10. The number of fused-ring (bicyclic) bond motifs is 1. The lowest BCUT2D eigenvalue weighted by Crippen LogP contribution is -2.20. The summed E-state index contributed by atoms with van der Waals surface area (Å²) in [5.41, 5.74) is 4.21. The molecule has 0 atom stereocenters. The summed E-state index contributed by atoms with van der Waals surface area (Å²) in [6, 6.07) is 18.4. The van der Waals surface area contributed by atoms with Crippen molar-refractivity contribution in [2.45, 2.75) is 6.92 Å². The van der Waals surface area contributed by atoms with Crippen molar-refractivity contribution in [2.24, 2.45) is 0 Å². The molecule has 1 heterocycles. The van der Waals surface area contributed by atoms with Gasteiger partial charge in [-0.05, 0) is 72.7 Å². The summed E-state index contributed by atoms with van der Waals surface area (Å²) in [6.45, 7) is 1.72. The first-order valence-corrected chi connectivity index (χ1v) is 10.4. The molecule has 33 heavy (non-hydrogen) atoms. The number of halogens is 2. The molecule has 3 aromatic carbocycles. The highest BCUT2D eigenvalue weighted by Crippen LogP contribution is 2.28. The minimum Gasteiger partial charge on any atom is -0.482 e. The molecule has 0 saturated heterocycles. The minimum atomic E-state index is -0.409. The Morgan fingerprint density at radius 1 is 1.21 bits per heavy atom. The van der Waals surface area contributed by atoms with E-state index in [2.05, 4.69) is 21.4 Å². The number of hydrogen-bond donors (Lipinski definition) is 2. The number of imidazole rings is 1. The molecule has 0 fully saturated rings. The summed E-state index contributed by atoms with van der Waals surface area (Å²) in [5, 5.41) is 12.5. The molecular formula is C25H18ClFN4O2. The second kappa shape index (κ2) is 9.55. The molecule has 0 spiro atoms.